The van der Waals surface area contributed by atoms with Crippen molar-refractivity contribution in [2.75, 3.05) is 31.5 Å². The molecule has 2 amide bonds. The van der Waals surface area contributed by atoms with Crippen LogP contribution in [0, 0.1) is 0 Å². The Balaban J connectivity index is 1.83. The molecule has 0 heterocycles. The van der Waals surface area contributed by atoms with E-state index in [0.717, 1.165) is 0 Å². The molecule has 2 N–H and O–H groups in total. The van der Waals surface area contributed by atoms with Crippen molar-refractivity contribution in [3.63, 3.8) is 0 Å². The minimum Gasteiger partial charge on any atom is -0.497 e. The van der Waals surface area contributed by atoms with Gasteiger partial charge in [-0.05, 0) is 43.3 Å². The Morgan fingerprint density at radius 3 is 2.41 bits per heavy atom. The van der Waals surface area contributed by atoms with Gasteiger partial charge in [0.05, 0.1) is 37.1 Å². The number of ether oxygens (including phenoxy) is 3. The van der Waals surface area contributed by atoms with Gasteiger partial charge in [-0.2, -0.15) is 0 Å². The summed E-state index contributed by atoms with van der Waals surface area (Å²) in [4.78, 5) is 25.8. The molecule has 0 bridgehead atoms. The highest BCUT2D eigenvalue weighted by molar-refractivity contribution is 6.32. The van der Waals surface area contributed by atoms with Gasteiger partial charge in [0.25, 0.3) is 11.8 Å². The van der Waals surface area contributed by atoms with E-state index < -0.39 is 5.91 Å². The van der Waals surface area contributed by atoms with Crippen LogP contribution < -0.4 is 24.8 Å². The van der Waals surface area contributed by atoms with Crippen LogP contribution in [0.1, 0.15) is 27.6 Å². The average Bonchev–Trinajstić information content (AvgIpc) is 2.80. The topological polar surface area (TPSA) is 85.9 Å². The van der Waals surface area contributed by atoms with E-state index in [1.54, 1.807) is 55.6 Å². The predicted molar refractivity (Wildman–Crippen MR) is 125 cm³/mol. The molecule has 166 valence electrons. The van der Waals surface area contributed by atoms with Crippen molar-refractivity contribution in [1.82, 2.24) is 0 Å². The molecule has 0 aromatic heterocycles. The van der Waals surface area contributed by atoms with E-state index in [2.05, 4.69) is 10.6 Å². The van der Waals surface area contributed by atoms with Crippen molar-refractivity contribution in [2.45, 2.75) is 6.92 Å². The smallest absolute Gasteiger partial charge is 0.257 e. The van der Waals surface area contributed by atoms with Gasteiger partial charge in [-0.15, -0.1) is 0 Å². The second kappa shape index (κ2) is 10.5. The zero-order chi connectivity index (χ0) is 23.1. The Labute approximate surface area is 191 Å². The van der Waals surface area contributed by atoms with Crippen LogP contribution in [0.3, 0.4) is 0 Å². The molecule has 8 heteroatoms. The molecule has 3 rings (SSSR count). The first-order valence-corrected chi connectivity index (χ1v) is 10.2. The third-order valence-electron chi connectivity index (χ3n) is 4.53. The summed E-state index contributed by atoms with van der Waals surface area (Å²) in [5, 5.41) is 5.82. The maximum atomic E-state index is 12.9. The molecule has 0 radical (unpaired) electrons. The second-order valence-electron chi connectivity index (χ2n) is 6.61. The van der Waals surface area contributed by atoms with Gasteiger partial charge in [0.15, 0.2) is 11.5 Å². The maximum Gasteiger partial charge on any atom is 0.257 e. The van der Waals surface area contributed by atoms with Crippen LogP contribution in [0.2, 0.25) is 5.02 Å². The minimum atomic E-state index is -0.449. The molecule has 7 nitrogen and oxygen atoms in total. The van der Waals surface area contributed by atoms with E-state index >= 15 is 0 Å². The van der Waals surface area contributed by atoms with E-state index in [0.29, 0.717) is 40.8 Å². The molecule has 0 atom stereocenters. The first kappa shape index (κ1) is 23.0. The first-order valence-electron chi connectivity index (χ1n) is 9.83. The summed E-state index contributed by atoms with van der Waals surface area (Å²) in [6.07, 6.45) is 0. The van der Waals surface area contributed by atoms with Gasteiger partial charge in [0.1, 0.15) is 5.75 Å². The molecule has 0 unspecified atom stereocenters. The van der Waals surface area contributed by atoms with Gasteiger partial charge in [-0.3, -0.25) is 9.59 Å². The first-order chi connectivity index (χ1) is 15.5. The Hall–Kier alpha value is -3.71. The average molecular weight is 455 g/mol. The number of carbonyl (C=O) groups is 2. The van der Waals surface area contributed by atoms with E-state index in [9.17, 15) is 9.59 Å². The highest BCUT2D eigenvalue weighted by Crippen LogP contribution is 2.36. The number of carbonyl (C=O) groups excluding carboxylic acids is 2. The van der Waals surface area contributed by atoms with Gasteiger partial charge < -0.3 is 24.8 Å². The number of halogens is 1. The van der Waals surface area contributed by atoms with Crippen LogP contribution >= 0.6 is 11.6 Å². The molecular weight excluding hydrogens is 432 g/mol. The molecule has 3 aromatic rings. The number of benzene rings is 3. The molecule has 3 aromatic carbocycles. The van der Waals surface area contributed by atoms with Gasteiger partial charge in [0.2, 0.25) is 0 Å². The third kappa shape index (κ3) is 5.31. The predicted octanol–water partition coefficient (Wildman–Crippen LogP) is 5.26. The van der Waals surface area contributed by atoms with Crippen LogP contribution in [0.4, 0.5) is 11.4 Å². The van der Waals surface area contributed by atoms with Crippen molar-refractivity contribution in [3.8, 4) is 17.2 Å². The monoisotopic (exact) mass is 454 g/mol. The Morgan fingerprint density at radius 1 is 0.906 bits per heavy atom. The molecule has 0 aliphatic carbocycles. The molecule has 0 aliphatic rings. The van der Waals surface area contributed by atoms with Crippen LogP contribution in [0.5, 0.6) is 17.2 Å². The number of para-hydroxylation sites is 1. The van der Waals surface area contributed by atoms with Crippen LogP contribution in [0.15, 0.2) is 60.7 Å². The summed E-state index contributed by atoms with van der Waals surface area (Å²) in [6.45, 7) is 2.22. The summed E-state index contributed by atoms with van der Waals surface area (Å²) >= 11 is 6.28. The van der Waals surface area contributed by atoms with E-state index in [-0.39, 0.29) is 16.5 Å². The quantitative estimate of drug-likeness (QED) is 0.485. The molecule has 0 aliphatic heterocycles. The Bertz CT molecular complexity index is 1130. The number of methoxy groups -OCH3 is 2. The van der Waals surface area contributed by atoms with Gasteiger partial charge >= 0.3 is 0 Å². The third-order valence-corrected chi connectivity index (χ3v) is 4.81. The normalized spacial score (nSPS) is 10.2. The molecule has 0 spiro atoms. The Kier molecular flexibility index (Phi) is 7.57. The summed E-state index contributed by atoms with van der Waals surface area (Å²) in [5.41, 5.74) is 1.48. The lowest BCUT2D eigenvalue weighted by molar-refractivity contribution is 0.102. The standard InChI is InChI=1S/C24H23ClN2O5/c1-4-32-22-19(25)12-15(13-21(22)31-3)23(28)27-20-11-6-5-10-18(20)24(29)26-16-8-7-9-17(14-16)30-2/h5-14H,4H2,1-3H3,(H,26,29)(H,27,28). The summed E-state index contributed by atoms with van der Waals surface area (Å²) < 4.78 is 16.0. The van der Waals surface area contributed by atoms with Crippen LogP contribution in [-0.4, -0.2) is 32.6 Å². The van der Waals surface area contributed by atoms with Crippen molar-refractivity contribution < 1.29 is 23.8 Å². The number of rotatable bonds is 8. The van der Waals surface area contributed by atoms with Crippen molar-refractivity contribution in [2.24, 2.45) is 0 Å². The highest BCUT2D eigenvalue weighted by atomic mass is 35.5. The number of hydrogen-bond donors (Lipinski definition) is 2. The van der Waals surface area contributed by atoms with Gasteiger partial charge in [-0.1, -0.05) is 29.8 Å². The van der Waals surface area contributed by atoms with Crippen molar-refractivity contribution in [1.29, 1.82) is 0 Å². The minimum absolute atomic E-state index is 0.250. The van der Waals surface area contributed by atoms with Crippen LogP contribution in [0.25, 0.3) is 0 Å². The fourth-order valence-electron chi connectivity index (χ4n) is 3.02. The summed E-state index contributed by atoms with van der Waals surface area (Å²) in [5.74, 6) is 0.497. The summed E-state index contributed by atoms with van der Waals surface area (Å²) in [6, 6.07) is 16.7. The lowest BCUT2D eigenvalue weighted by Crippen LogP contribution is -2.18. The zero-order valence-electron chi connectivity index (χ0n) is 17.9. The molecule has 32 heavy (non-hydrogen) atoms. The van der Waals surface area contributed by atoms with Crippen molar-refractivity contribution in [3.05, 3.63) is 76.8 Å². The molecule has 0 saturated heterocycles. The summed E-state index contributed by atoms with van der Waals surface area (Å²) in [7, 11) is 3.02. The highest BCUT2D eigenvalue weighted by Gasteiger charge is 2.18. The zero-order valence-corrected chi connectivity index (χ0v) is 18.7. The fraction of sp³-hybridized carbons (Fsp3) is 0.167. The maximum absolute atomic E-state index is 12.9. The van der Waals surface area contributed by atoms with E-state index in [1.165, 1.54) is 19.2 Å². The molecule has 0 saturated carbocycles. The number of amides is 2. The second-order valence-corrected chi connectivity index (χ2v) is 7.02. The molecular formula is C24H23ClN2O5. The van der Waals surface area contributed by atoms with Gasteiger partial charge in [0, 0.05) is 17.3 Å². The van der Waals surface area contributed by atoms with E-state index in [4.69, 9.17) is 25.8 Å². The van der Waals surface area contributed by atoms with Gasteiger partial charge in [-0.25, -0.2) is 0 Å². The lowest BCUT2D eigenvalue weighted by Gasteiger charge is -2.14. The fourth-order valence-corrected chi connectivity index (χ4v) is 3.28. The van der Waals surface area contributed by atoms with E-state index in [1.807, 2.05) is 6.92 Å². The lowest BCUT2D eigenvalue weighted by atomic mass is 10.1. The van der Waals surface area contributed by atoms with Crippen molar-refractivity contribution >= 4 is 34.8 Å². The molecule has 0 fully saturated rings. The SMILES string of the molecule is CCOc1c(Cl)cc(C(=O)Nc2ccccc2C(=O)Nc2cccc(OC)c2)cc1OC. The number of anilines is 2. The Morgan fingerprint density at radius 2 is 1.69 bits per heavy atom. The van der Waals surface area contributed by atoms with Crippen LogP contribution in [-0.2, 0) is 0 Å². The largest absolute Gasteiger partial charge is 0.497 e. The number of nitrogens with one attached hydrogen (secondary N) is 2. The number of hydrogen-bond acceptors (Lipinski definition) is 5.